The van der Waals surface area contributed by atoms with Crippen LogP contribution in [0.25, 0.3) is 11.3 Å². The molecule has 1 aromatic heterocycles. The monoisotopic (exact) mass is 399 g/mol. The van der Waals surface area contributed by atoms with Crippen molar-refractivity contribution in [3.63, 3.8) is 0 Å². The normalized spacial score (nSPS) is 14.3. The van der Waals surface area contributed by atoms with Crippen LogP contribution in [-0.4, -0.2) is 29.8 Å². The molecule has 1 heterocycles. The molecule has 5 nitrogen and oxygen atoms in total. The van der Waals surface area contributed by atoms with E-state index in [4.69, 9.17) is 9.26 Å². The summed E-state index contributed by atoms with van der Waals surface area (Å²) in [4.78, 5) is 25.1. The molecule has 0 atom stereocenters. The highest BCUT2D eigenvalue weighted by Crippen LogP contribution is 2.41. The fraction of sp³-hybridized carbons (Fsp3) is 0.389. The number of esters is 1. The second-order valence-corrected chi connectivity index (χ2v) is 6.86. The number of carbonyl (C=O) groups excluding carboxylic acids is 2. The molecule has 1 aliphatic rings. The zero-order chi connectivity index (χ0) is 19.8. The largest absolute Gasteiger partial charge is 0.461 e. The van der Waals surface area contributed by atoms with Gasteiger partial charge in [0, 0.05) is 16.4 Å². The predicted octanol–water partition coefficient (Wildman–Crippen LogP) is 4.85. The van der Waals surface area contributed by atoms with Gasteiger partial charge in [0.1, 0.15) is 5.56 Å². The number of ketones is 1. The molecule has 27 heavy (non-hydrogen) atoms. The van der Waals surface area contributed by atoms with Gasteiger partial charge in [-0.3, -0.25) is 4.79 Å². The summed E-state index contributed by atoms with van der Waals surface area (Å²) in [7, 11) is 0. The Kier molecular flexibility index (Phi) is 5.32. The van der Waals surface area contributed by atoms with Crippen molar-refractivity contribution in [1.29, 1.82) is 0 Å². The Hall–Kier alpha value is -2.29. The number of Topliss-reactive ketones (excluding diaryl/α,β-unsaturated/α-hetero) is 1. The number of rotatable bonds is 6. The van der Waals surface area contributed by atoms with Crippen molar-refractivity contribution in [2.75, 3.05) is 12.9 Å². The molecule has 0 spiro atoms. The van der Waals surface area contributed by atoms with Crippen molar-refractivity contribution in [1.82, 2.24) is 5.16 Å². The number of aromatic nitrogens is 1. The third kappa shape index (κ3) is 3.87. The molecule has 0 unspecified atom stereocenters. The minimum Gasteiger partial charge on any atom is -0.461 e. The Balaban J connectivity index is 2.14. The molecule has 0 aliphatic heterocycles. The number of nitrogens with zero attached hydrogens (tertiary/aromatic N) is 1. The molecule has 0 N–H and O–H groups in total. The van der Waals surface area contributed by atoms with Gasteiger partial charge in [-0.1, -0.05) is 5.16 Å². The highest BCUT2D eigenvalue weighted by Gasteiger charge is 2.39. The zero-order valence-corrected chi connectivity index (χ0v) is 15.4. The maximum Gasteiger partial charge on any atom is 0.416 e. The molecule has 1 aromatic carbocycles. The zero-order valence-electron chi connectivity index (χ0n) is 14.6. The van der Waals surface area contributed by atoms with Gasteiger partial charge in [-0.25, -0.2) is 4.79 Å². The third-order valence-corrected chi connectivity index (χ3v) is 4.91. The summed E-state index contributed by atoms with van der Waals surface area (Å²) in [5.74, 6) is -1.34. The smallest absolute Gasteiger partial charge is 0.416 e. The number of alkyl halides is 3. The van der Waals surface area contributed by atoms with Crippen LogP contribution in [0.3, 0.4) is 0 Å². The highest BCUT2D eigenvalue weighted by molar-refractivity contribution is 7.98. The van der Waals surface area contributed by atoms with Crippen LogP contribution in [0.2, 0.25) is 0 Å². The average molecular weight is 399 g/mol. The van der Waals surface area contributed by atoms with Crippen LogP contribution >= 0.6 is 11.8 Å². The summed E-state index contributed by atoms with van der Waals surface area (Å²) in [6.45, 7) is 1.71. The lowest BCUT2D eigenvalue weighted by Gasteiger charge is -2.11. The molecule has 0 radical (unpaired) electrons. The van der Waals surface area contributed by atoms with E-state index in [2.05, 4.69) is 5.16 Å². The second-order valence-electron chi connectivity index (χ2n) is 6.01. The van der Waals surface area contributed by atoms with Crippen molar-refractivity contribution in [3.8, 4) is 11.3 Å². The molecule has 144 valence electrons. The van der Waals surface area contributed by atoms with Gasteiger partial charge in [0.05, 0.1) is 12.2 Å². The molecular formula is C18H16F3NO4S. The minimum absolute atomic E-state index is 0.00646. The standard InChI is InChI=1S/C18H16F3NO4S/c1-3-25-17(24)14-13(15(23)9-4-5-9)16(26-22-14)11-7-6-10(18(19,20)21)8-12(11)27-2/h6-9H,3-5H2,1-2H3. The van der Waals surface area contributed by atoms with Gasteiger partial charge < -0.3 is 9.26 Å². The topological polar surface area (TPSA) is 69.4 Å². The second kappa shape index (κ2) is 7.38. The van der Waals surface area contributed by atoms with Gasteiger partial charge >= 0.3 is 12.1 Å². The van der Waals surface area contributed by atoms with Gasteiger partial charge in [-0.05, 0) is 44.2 Å². The molecule has 0 amide bonds. The first kappa shape index (κ1) is 19.5. The van der Waals surface area contributed by atoms with Gasteiger partial charge in [-0.2, -0.15) is 13.2 Å². The van der Waals surface area contributed by atoms with E-state index < -0.39 is 17.7 Å². The van der Waals surface area contributed by atoms with Crippen LogP contribution in [-0.2, 0) is 10.9 Å². The first-order chi connectivity index (χ1) is 12.8. The highest BCUT2D eigenvalue weighted by atomic mass is 32.2. The van der Waals surface area contributed by atoms with Crippen molar-refractivity contribution in [2.24, 2.45) is 5.92 Å². The summed E-state index contributed by atoms with van der Waals surface area (Å²) in [6, 6.07) is 3.12. The van der Waals surface area contributed by atoms with Crippen LogP contribution in [0.5, 0.6) is 0 Å². The van der Waals surface area contributed by atoms with E-state index in [0.29, 0.717) is 12.8 Å². The van der Waals surface area contributed by atoms with E-state index in [1.54, 1.807) is 13.2 Å². The Morgan fingerprint density at radius 1 is 1.33 bits per heavy atom. The number of ether oxygens (including phenoxy) is 1. The van der Waals surface area contributed by atoms with E-state index in [9.17, 15) is 22.8 Å². The summed E-state index contributed by atoms with van der Waals surface area (Å²) in [5.41, 5.74) is -0.792. The number of benzene rings is 1. The molecule has 9 heteroatoms. The van der Waals surface area contributed by atoms with Crippen LogP contribution in [0.1, 0.15) is 46.2 Å². The van der Waals surface area contributed by atoms with Crippen molar-refractivity contribution in [2.45, 2.75) is 30.8 Å². The Labute approximate surface area is 157 Å². The molecule has 0 saturated heterocycles. The van der Waals surface area contributed by atoms with Crippen LogP contribution < -0.4 is 0 Å². The summed E-state index contributed by atoms with van der Waals surface area (Å²) in [5, 5.41) is 3.69. The molecule has 1 fully saturated rings. The fourth-order valence-electron chi connectivity index (χ4n) is 2.65. The summed E-state index contributed by atoms with van der Waals surface area (Å²) in [6.07, 6.45) is -1.50. The number of halogens is 3. The van der Waals surface area contributed by atoms with Crippen molar-refractivity contribution >= 4 is 23.5 Å². The molecule has 1 aliphatic carbocycles. The minimum atomic E-state index is -4.49. The molecule has 3 rings (SSSR count). The predicted molar refractivity (Wildman–Crippen MR) is 91.7 cm³/mol. The molecule has 2 aromatic rings. The Morgan fingerprint density at radius 2 is 2.04 bits per heavy atom. The van der Waals surface area contributed by atoms with Gasteiger partial charge in [0.25, 0.3) is 0 Å². The average Bonchev–Trinajstić information content (AvgIpc) is 3.38. The first-order valence-electron chi connectivity index (χ1n) is 8.24. The lowest BCUT2D eigenvalue weighted by Crippen LogP contribution is -2.13. The van der Waals surface area contributed by atoms with Gasteiger partial charge in [-0.15, -0.1) is 11.8 Å². The van der Waals surface area contributed by atoms with Gasteiger partial charge in [0.15, 0.2) is 11.5 Å². The number of thioether (sulfide) groups is 1. The SMILES string of the molecule is CCOC(=O)c1noc(-c2ccc(C(F)(F)F)cc2SC)c1C(=O)C1CC1. The fourth-order valence-corrected chi connectivity index (χ4v) is 3.27. The lowest BCUT2D eigenvalue weighted by atomic mass is 9.99. The Bertz CT molecular complexity index is 887. The Morgan fingerprint density at radius 3 is 2.59 bits per heavy atom. The van der Waals surface area contributed by atoms with E-state index >= 15 is 0 Å². The van der Waals surface area contributed by atoms with Gasteiger partial charge in [0.2, 0.25) is 5.69 Å². The van der Waals surface area contributed by atoms with E-state index in [1.165, 1.54) is 6.07 Å². The van der Waals surface area contributed by atoms with E-state index in [-0.39, 0.29) is 45.8 Å². The number of hydrogen-bond donors (Lipinski definition) is 0. The molecular weight excluding hydrogens is 383 g/mol. The maximum atomic E-state index is 13.0. The molecule has 0 bridgehead atoms. The van der Waals surface area contributed by atoms with Crippen molar-refractivity contribution in [3.05, 3.63) is 35.0 Å². The van der Waals surface area contributed by atoms with Crippen LogP contribution in [0, 0.1) is 5.92 Å². The van der Waals surface area contributed by atoms with Crippen LogP contribution in [0.15, 0.2) is 27.6 Å². The number of hydrogen-bond acceptors (Lipinski definition) is 6. The first-order valence-corrected chi connectivity index (χ1v) is 9.47. The van der Waals surface area contributed by atoms with E-state index in [1.807, 2.05) is 0 Å². The lowest BCUT2D eigenvalue weighted by molar-refractivity contribution is -0.137. The van der Waals surface area contributed by atoms with Crippen molar-refractivity contribution < 1.29 is 32.0 Å². The number of carbonyl (C=O) groups is 2. The summed E-state index contributed by atoms with van der Waals surface area (Å²) >= 11 is 1.08. The molecule has 1 saturated carbocycles. The van der Waals surface area contributed by atoms with E-state index in [0.717, 1.165) is 23.9 Å². The summed E-state index contributed by atoms with van der Waals surface area (Å²) < 4.78 is 49.2. The maximum absolute atomic E-state index is 13.0. The quantitative estimate of drug-likeness (QED) is 0.393. The third-order valence-electron chi connectivity index (χ3n) is 4.13. The van der Waals surface area contributed by atoms with Crippen LogP contribution in [0.4, 0.5) is 13.2 Å².